The van der Waals surface area contributed by atoms with Gasteiger partial charge in [-0.05, 0) is 128 Å². The normalized spacial score (nSPS) is 12.9. The van der Waals surface area contributed by atoms with Crippen molar-refractivity contribution in [2.45, 2.75) is 284 Å². The molecule has 6 heteroatoms. The van der Waals surface area contributed by atoms with E-state index in [1.54, 1.807) is 0 Å². The lowest BCUT2D eigenvalue weighted by atomic mass is 10.1. The predicted octanol–water partition coefficient (Wildman–Crippen LogP) is 21.2. The zero-order valence-corrected chi connectivity index (χ0v) is 48.8. The number of ether oxygens (including phenoxy) is 3. The zero-order chi connectivity index (χ0) is 54.3. The Bertz CT molecular complexity index is 1570. The van der Waals surface area contributed by atoms with Crippen LogP contribution in [0.3, 0.4) is 0 Å². The minimum absolute atomic E-state index is 0.0936. The lowest BCUT2D eigenvalue weighted by Gasteiger charge is -2.18. The molecular weight excluding hydrogens is 925 g/mol. The largest absolute Gasteiger partial charge is 0.462 e. The van der Waals surface area contributed by atoms with Crippen LogP contribution < -0.4 is 0 Å². The third-order valence-electron chi connectivity index (χ3n) is 12.9. The average Bonchev–Trinajstić information content (AvgIpc) is 3.41. The Morgan fingerprint density at radius 3 is 0.813 bits per heavy atom. The molecule has 0 fully saturated rings. The van der Waals surface area contributed by atoms with Crippen LogP contribution in [0.25, 0.3) is 0 Å². The van der Waals surface area contributed by atoms with Gasteiger partial charge in [0.1, 0.15) is 13.2 Å². The second-order valence-electron chi connectivity index (χ2n) is 20.2. The maximum Gasteiger partial charge on any atom is 0.306 e. The summed E-state index contributed by atoms with van der Waals surface area (Å²) < 4.78 is 16.9. The van der Waals surface area contributed by atoms with E-state index in [-0.39, 0.29) is 31.1 Å². The lowest BCUT2D eigenvalue weighted by Crippen LogP contribution is -2.30. The van der Waals surface area contributed by atoms with Crippen LogP contribution in [-0.4, -0.2) is 37.2 Å². The fourth-order valence-electron chi connectivity index (χ4n) is 8.34. The first-order valence-corrected chi connectivity index (χ1v) is 31.0. The maximum absolute atomic E-state index is 12.9. The van der Waals surface area contributed by atoms with Crippen molar-refractivity contribution in [3.63, 3.8) is 0 Å². The summed E-state index contributed by atoms with van der Waals surface area (Å²) in [6.07, 6.45) is 86.1. The molecule has 0 saturated heterocycles. The Morgan fingerprint density at radius 1 is 0.280 bits per heavy atom. The molecular formula is C69H114O6. The number of esters is 3. The highest BCUT2D eigenvalue weighted by Gasteiger charge is 2.19. The van der Waals surface area contributed by atoms with E-state index in [9.17, 15) is 14.4 Å². The van der Waals surface area contributed by atoms with E-state index in [0.29, 0.717) is 19.3 Å². The second kappa shape index (κ2) is 62.4. The molecule has 1 unspecified atom stereocenters. The van der Waals surface area contributed by atoms with Crippen molar-refractivity contribution < 1.29 is 28.6 Å². The number of carbonyl (C=O) groups excluding carboxylic acids is 3. The van der Waals surface area contributed by atoms with Gasteiger partial charge in [-0.1, -0.05) is 251 Å². The fourth-order valence-corrected chi connectivity index (χ4v) is 8.34. The van der Waals surface area contributed by atoms with Gasteiger partial charge < -0.3 is 14.2 Å². The van der Waals surface area contributed by atoms with Crippen molar-refractivity contribution in [2.24, 2.45) is 0 Å². The van der Waals surface area contributed by atoms with E-state index in [2.05, 4.69) is 142 Å². The highest BCUT2D eigenvalue weighted by Crippen LogP contribution is 2.15. The third kappa shape index (κ3) is 60.6. The predicted molar refractivity (Wildman–Crippen MR) is 325 cm³/mol. The minimum atomic E-state index is -0.798. The Labute approximate surface area is 462 Å². The van der Waals surface area contributed by atoms with Crippen molar-refractivity contribution in [3.8, 4) is 0 Å². The molecule has 0 aliphatic rings. The first kappa shape index (κ1) is 70.8. The number of carbonyl (C=O) groups is 3. The van der Waals surface area contributed by atoms with Crippen LogP contribution >= 0.6 is 0 Å². The summed E-state index contributed by atoms with van der Waals surface area (Å²) >= 11 is 0. The topological polar surface area (TPSA) is 78.9 Å². The Kier molecular flexibility index (Phi) is 58.9. The van der Waals surface area contributed by atoms with Gasteiger partial charge in [-0.15, -0.1) is 0 Å². The molecule has 0 saturated carbocycles. The molecule has 0 spiro atoms. The number of hydrogen-bond acceptors (Lipinski definition) is 6. The zero-order valence-electron chi connectivity index (χ0n) is 48.8. The van der Waals surface area contributed by atoms with Gasteiger partial charge in [0.05, 0.1) is 0 Å². The summed E-state index contributed by atoms with van der Waals surface area (Å²) in [7, 11) is 0. The van der Waals surface area contributed by atoms with E-state index >= 15 is 0 Å². The summed E-state index contributed by atoms with van der Waals surface area (Å²) in [6.45, 7) is 6.38. The van der Waals surface area contributed by atoms with E-state index in [1.165, 1.54) is 96.3 Å². The summed E-state index contributed by atoms with van der Waals surface area (Å²) in [6, 6.07) is 0. The van der Waals surface area contributed by atoms with Crippen molar-refractivity contribution in [1.82, 2.24) is 0 Å². The van der Waals surface area contributed by atoms with Gasteiger partial charge >= 0.3 is 17.9 Å². The molecule has 0 aromatic carbocycles. The van der Waals surface area contributed by atoms with Crippen molar-refractivity contribution >= 4 is 17.9 Å². The van der Waals surface area contributed by atoms with E-state index in [0.717, 1.165) is 141 Å². The standard InChI is InChI=1S/C69H114O6/c1-4-7-10-13-16-19-22-25-28-31-33-34-36-38-41-44-47-50-53-56-59-62-68(71)74-65-66(64-73-67(70)61-58-55-52-49-46-43-40-37-30-27-24-21-18-15-12-9-6-3)75-69(72)63-60-57-54-51-48-45-42-39-35-32-29-26-23-20-17-14-11-8-5-2/h7,9-10,12,16-21,25-30,33-34,38,41,66H,4-6,8,11,13-15,22-24,31-32,35-37,39-40,42-65H2,1-3H3/b10-7-,12-9-,19-16-,20-17-,21-18-,28-25-,29-26-,30-27-,34-33-,41-38-. The van der Waals surface area contributed by atoms with Crippen LogP contribution in [-0.2, 0) is 28.6 Å². The maximum atomic E-state index is 12.9. The molecule has 0 aliphatic heterocycles. The number of hydrogen-bond donors (Lipinski definition) is 0. The molecule has 426 valence electrons. The average molecular weight is 1040 g/mol. The van der Waals surface area contributed by atoms with Crippen molar-refractivity contribution in [2.75, 3.05) is 13.2 Å². The van der Waals surface area contributed by atoms with Gasteiger partial charge in [0.25, 0.3) is 0 Å². The monoisotopic (exact) mass is 1040 g/mol. The van der Waals surface area contributed by atoms with Crippen LogP contribution in [0.1, 0.15) is 278 Å². The first-order valence-electron chi connectivity index (χ1n) is 31.0. The highest BCUT2D eigenvalue weighted by molar-refractivity contribution is 5.71. The molecule has 75 heavy (non-hydrogen) atoms. The molecule has 0 amide bonds. The molecule has 0 heterocycles. The van der Waals surface area contributed by atoms with Gasteiger partial charge in [0.15, 0.2) is 6.10 Å². The van der Waals surface area contributed by atoms with E-state index in [4.69, 9.17) is 14.2 Å². The van der Waals surface area contributed by atoms with Gasteiger partial charge in [-0.2, -0.15) is 0 Å². The van der Waals surface area contributed by atoms with Crippen molar-refractivity contribution in [1.29, 1.82) is 0 Å². The van der Waals surface area contributed by atoms with E-state index < -0.39 is 6.10 Å². The van der Waals surface area contributed by atoms with Gasteiger partial charge in [0.2, 0.25) is 0 Å². The van der Waals surface area contributed by atoms with Gasteiger partial charge in [-0.25, -0.2) is 0 Å². The molecule has 0 bridgehead atoms. The van der Waals surface area contributed by atoms with Crippen LogP contribution in [0.5, 0.6) is 0 Å². The Balaban J connectivity index is 4.46. The minimum Gasteiger partial charge on any atom is -0.462 e. The van der Waals surface area contributed by atoms with Gasteiger partial charge in [0, 0.05) is 19.3 Å². The lowest BCUT2D eigenvalue weighted by molar-refractivity contribution is -0.167. The molecule has 0 aliphatic carbocycles. The molecule has 0 rings (SSSR count). The molecule has 6 nitrogen and oxygen atoms in total. The molecule has 1 atom stereocenters. The smallest absolute Gasteiger partial charge is 0.306 e. The van der Waals surface area contributed by atoms with Crippen molar-refractivity contribution in [3.05, 3.63) is 122 Å². The number of allylic oxidation sites excluding steroid dienone is 20. The summed E-state index contributed by atoms with van der Waals surface area (Å²) in [5, 5.41) is 0. The molecule has 0 aromatic heterocycles. The SMILES string of the molecule is CC/C=C\C/C=C\C/C=C\C/C=C\C/C=C\CCCCCCCC(=O)OCC(COC(=O)CCCCCCCCC/C=C\C/C=C\C/C=C\CC)OC(=O)CCCCCCCCCCC/C=C\C/C=C\CCCCC. The third-order valence-corrected chi connectivity index (χ3v) is 12.9. The second-order valence-corrected chi connectivity index (χ2v) is 20.2. The van der Waals surface area contributed by atoms with Gasteiger partial charge in [-0.3, -0.25) is 14.4 Å². The highest BCUT2D eigenvalue weighted by atomic mass is 16.6. The van der Waals surface area contributed by atoms with Crippen LogP contribution in [0.2, 0.25) is 0 Å². The molecule has 0 N–H and O–H groups in total. The summed E-state index contributed by atoms with van der Waals surface area (Å²) in [5.74, 6) is -0.922. The van der Waals surface area contributed by atoms with Crippen LogP contribution in [0.15, 0.2) is 122 Å². The quantitative estimate of drug-likeness (QED) is 0.0261. The molecule has 0 radical (unpaired) electrons. The summed E-state index contributed by atoms with van der Waals surface area (Å²) in [5.41, 5.74) is 0. The fraction of sp³-hybridized carbons (Fsp3) is 0.667. The Morgan fingerprint density at radius 2 is 0.520 bits per heavy atom. The number of rotatable bonds is 55. The Hall–Kier alpha value is -4.19. The van der Waals surface area contributed by atoms with Crippen LogP contribution in [0, 0.1) is 0 Å². The van der Waals surface area contributed by atoms with Crippen LogP contribution in [0.4, 0.5) is 0 Å². The van der Waals surface area contributed by atoms with E-state index in [1.807, 2.05) is 0 Å². The number of unbranched alkanes of at least 4 members (excludes halogenated alkanes) is 24. The molecule has 0 aromatic rings. The summed E-state index contributed by atoms with van der Waals surface area (Å²) in [4.78, 5) is 38.3. The first-order chi connectivity index (χ1) is 37.0.